The van der Waals surface area contributed by atoms with Gasteiger partial charge < -0.3 is 20.3 Å². The Morgan fingerprint density at radius 2 is 1.64 bits per heavy atom. The molecule has 1 amide bonds. The quantitative estimate of drug-likeness (QED) is 0.564. The van der Waals surface area contributed by atoms with Crippen LogP contribution in [0.15, 0.2) is 42.5 Å². The molecule has 1 heterocycles. The summed E-state index contributed by atoms with van der Waals surface area (Å²) in [5.74, 6) is -0.802. The van der Waals surface area contributed by atoms with Gasteiger partial charge in [0.2, 0.25) is 0 Å². The Morgan fingerprint density at radius 3 is 2.28 bits per heavy atom. The second kappa shape index (κ2) is 9.85. The number of ketones is 3. The van der Waals surface area contributed by atoms with Gasteiger partial charge in [-0.25, -0.2) is 4.79 Å². The molecule has 0 radical (unpaired) electrons. The molecule has 0 bridgehead atoms. The van der Waals surface area contributed by atoms with Gasteiger partial charge in [-0.1, -0.05) is 50.2 Å². The van der Waals surface area contributed by atoms with E-state index >= 15 is 0 Å². The summed E-state index contributed by atoms with van der Waals surface area (Å²) in [7, 11) is 0. The average Bonchev–Trinajstić information content (AvgIpc) is 2.84. The second-order valence-electron chi connectivity index (χ2n) is 10.6. The summed E-state index contributed by atoms with van der Waals surface area (Å²) < 4.78 is 5.39. The van der Waals surface area contributed by atoms with Gasteiger partial charge in [-0.3, -0.25) is 14.4 Å². The van der Waals surface area contributed by atoms with E-state index in [1.165, 1.54) is 0 Å². The van der Waals surface area contributed by atoms with Crippen molar-refractivity contribution in [2.75, 3.05) is 24.5 Å². The van der Waals surface area contributed by atoms with Crippen molar-refractivity contribution in [1.29, 1.82) is 0 Å². The number of piperazine rings is 1. The molecular formula is C28H33N3O5. The third-order valence-corrected chi connectivity index (χ3v) is 6.46. The second-order valence-corrected chi connectivity index (χ2v) is 10.6. The first-order valence-electron chi connectivity index (χ1n) is 12.3. The summed E-state index contributed by atoms with van der Waals surface area (Å²) in [4.78, 5) is 55.0. The number of carbonyl (C=O) groups excluding carboxylic acids is 4. The molecule has 2 N–H and O–H groups in total. The highest BCUT2D eigenvalue weighted by atomic mass is 16.6. The lowest BCUT2D eigenvalue weighted by Gasteiger charge is -2.40. The van der Waals surface area contributed by atoms with Gasteiger partial charge in [0.25, 0.3) is 0 Å². The van der Waals surface area contributed by atoms with Crippen LogP contribution in [0, 0.1) is 5.92 Å². The number of anilines is 1. The maximum Gasteiger partial charge on any atom is 0.408 e. The van der Waals surface area contributed by atoms with E-state index in [9.17, 15) is 19.2 Å². The lowest BCUT2D eigenvalue weighted by atomic mass is 9.82. The topological polar surface area (TPSA) is 105 Å². The number of hydrogen-bond donors (Lipinski definition) is 2. The van der Waals surface area contributed by atoms with Gasteiger partial charge in [0.1, 0.15) is 11.6 Å². The van der Waals surface area contributed by atoms with E-state index in [1.807, 2.05) is 18.7 Å². The molecule has 8 heteroatoms. The van der Waals surface area contributed by atoms with E-state index in [2.05, 4.69) is 10.6 Å². The number of amides is 1. The smallest absolute Gasteiger partial charge is 0.408 e. The maximum atomic E-state index is 13.8. The highest BCUT2D eigenvalue weighted by molar-refractivity contribution is 6.30. The molecular weight excluding hydrogens is 458 g/mol. The molecule has 1 saturated heterocycles. The van der Waals surface area contributed by atoms with Crippen molar-refractivity contribution in [3.63, 3.8) is 0 Å². The predicted octanol–water partition coefficient (Wildman–Crippen LogP) is 3.36. The molecule has 2 atom stereocenters. The van der Waals surface area contributed by atoms with Crippen LogP contribution < -0.4 is 15.5 Å². The molecule has 4 rings (SSSR count). The van der Waals surface area contributed by atoms with Crippen molar-refractivity contribution in [1.82, 2.24) is 10.6 Å². The normalized spacial score (nSPS) is 18.4. The van der Waals surface area contributed by atoms with Gasteiger partial charge in [0, 0.05) is 42.0 Å². The van der Waals surface area contributed by atoms with E-state index in [-0.39, 0.29) is 23.3 Å². The molecule has 0 aromatic heterocycles. The first-order valence-corrected chi connectivity index (χ1v) is 12.3. The van der Waals surface area contributed by atoms with Gasteiger partial charge in [0.05, 0.1) is 11.6 Å². The number of hydrogen-bond acceptors (Lipinski definition) is 7. The van der Waals surface area contributed by atoms with Crippen LogP contribution in [0.3, 0.4) is 0 Å². The third kappa shape index (κ3) is 4.91. The molecule has 1 fully saturated rings. The molecule has 8 nitrogen and oxygen atoms in total. The zero-order chi connectivity index (χ0) is 26.2. The first-order chi connectivity index (χ1) is 17.0. The van der Waals surface area contributed by atoms with Crippen LogP contribution in [0.1, 0.15) is 66.5 Å². The fraction of sp³-hybridized carbons (Fsp3) is 0.429. The molecule has 0 spiro atoms. The van der Waals surface area contributed by atoms with Crippen molar-refractivity contribution < 1.29 is 23.9 Å². The number of ether oxygens (including phenoxy) is 1. The Hall–Kier alpha value is -3.52. The highest BCUT2D eigenvalue weighted by Gasteiger charge is 2.39. The van der Waals surface area contributed by atoms with E-state index in [0.29, 0.717) is 47.6 Å². The number of carbonyl (C=O) groups is 4. The molecule has 0 saturated carbocycles. The average molecular weight is 492 g/mol. The number of benzene rings is 2. The highest BCUT2D eigenvalue weighted by Crippen LogP contribution is 2.35. The Kier molecular flexibility index (Phi) is 7.00. The zero-order valence-corrected chi connectivity index (χ0v) is 21.4. The minimum Gasteiger partial charge on any atom is -0.444 e. The standard InChI is InChI=1S/C28H33N3O5/c1-16(2)23(30-27(35)36-28(3,4)5)26(34)21-15-29-13-14-31(21)20-12-8-11-19-22(20)25(33)18-10-7-6-9-17(18)24(19)32/h6-12,16,21,23,29H,13-15H2,1-5H3,(H,30,35)/t21?,23-/m0/s1. The minimum atomic E-state index is -0.787. The molecule has 2 aromatic carbocycles. The van der Waals surface area contributed by atoms with Crippen molar-refractivity contribution in [3.8, 4) is 0 Å². The van der Waals surface area contributed by atoms with Crippen LogP contribution in [0.2, 0.25) is 0 Å². The van der Waals surface area contributed by atoms with Gasteiger partial charge >= 0.3 is 6.09 Å². The Balaban J connectivity index is 1.69. The molecule has 36 heavy (non-hydrogen) atoms. The van der Waals surface area contributed by atoms with Crippen LogP contribution >= 0.6 is 0 Å². The lowest BCUT2D eigenvalue weighted by molar-refractivity contribution is -0.123. The predicted molar refractivity (Wildman–Crippen MR) is 137 cm³/mol. The van der Waals surface area contributed by atoms with E-state index in [4.69, 9.17) is 4.74 Å². The van der Waals surface area contributed by atoms with E-state index in [0.717, 1.165) is 0 Å². The molecule has 1 aliphatic heterocycles. The van der Waals surface area contributed by atoms with Gasteiger partial charge in [0.15, 0.2) is 17.3 Å². The molecule has 190 valence electrons. The van der Waals surface area contributed by atoms with Crippen LogP contribution in [0.4, 0.5) is 10.5 Å². The van der Waals surface area contributed by atoms with Crippen LogP contribution in [0.25, 0.3) is 0 Å². The Labute approximate surface area is 211 Å². The number of rotatable bonds is 5. The van der Waals surface area contributed by atoms with Crippen molar-refractivity contribution in [2.45, 2.75) is 52.3 Å². The van der Waals surface area contributed by atoms with Crippen molar-refractivity contribution >= 4 is 29.1 Å². The molecule has 2 aliphatic rings. The summed E-state index contributed by atoms with van der Waals surface area (Å²) in [5, 5.41) is 6.01. The summed E-state index contributed by atoms with van der Waals surface area (Å²) in [6, 6.07) is 10.6. The number of nitrogens with one attached hydrogen (secondary N) is 2. The molecule has 2 aromatic rings. The van der Waals surface area contributed by atoms with Gasteiger partial charge in [-0.2, -0.15) is 0 Å². The first kappa shape index (κ1) is 25.6. The van der Waals surface area contributed by atoms with E-state index < -0.39 is 23.8 Å². The van der Waals surface area contributed by atoms with E-state index in [1.54, 1.807) is 63.2 Å². The number of fused-ring (bicyclic) bond motifs is 2. The largest absolute Gasteiger partial charge is 0.444 e. The monoisotopic (exact) mass is 491 g/mol. The molecule has 1 aliphatic carbocycles. The molecule has 1 unspecified atom stereocenters. The summed E-state index contributed by atoms with van der Waals surface area (Å²) >= 11 is 0. The summed E-state index contributed by atoms with van der Waals surface area (Å²) in [6.45, 7) is 10.4. The minimum absolute atomic E-state index is 0.185. The van der Waals surface area contributed by atoms with Crippen molar-refractivity contribution in [2.24, 2.45) is 5.92 Å². The van der Waals surface area contributed by atoms with Gasteiger partial charge in [-0.05, 0) is 32.8 Å². The zero-order valence-electron chi connectivity index (χ0n) is 21.4. The fourth-order valence-electron chi connectivity index (χ4n) is 4.82. The summed E-state index contributed by atoms with van der Waals surface area (Å²) in [6.07, 6.45) is -0.653. The van der Waals surface area contributed by atoms with Crippen LogP contribution in [-0.2, 0) is 9.53 Å². The van der Waals surface area contributed by atoms with Crippen molar-refractivity contribution in [3.05, 3.63) is 64.7 Å². The fourth-order valence-corrected chi connectivity index (χ4v) is 4.82. The van der Waals surface area contributed by atoms with Crippen LogP contribution in [-0.4, -0.2) is 60.8 Å². The Morgan fingerprint density at radius 1 is 1.00 bits per heavy atom. The van der Waals surface area contributed by atoms with Gasteiger partial charge in [-0.15, -0.1) is 0 Å². The van der Waals surface area contributed by atoms with Crippen LogP contribution in [0.5, 0.6) is 0 Å². The number of alkyl carbamates (subject to hydrolysis) is 1. The third-order valence-electron chi connectivity index (χ3n) is 6.46. The SMILES string of the molecule is CC(C)[C@H](NC(=O)OC(C)(C)C)C(=O)C1CNCCN1c1cccc2c1C(=O)c1ccccc1C2=O. The lowest BCUT2D eigenvalue weighted by Crippen LogP contribution is -2.61. The maximum absolute atomic E-state index is 13.8. The number of Topliss-reactive ketones (excluding diaryl/α,β-unsaturated/α-hetero) is 1. The Bertz CT molecular complexity index is 1210. The summed E-state index contributed by atoms with van der Waals surface area (Å²) in [5.41, 5.74) is 1.28. The number of nitrogens with zero attached hydrogens (tertiary/aromatic N) is 1.